The van der Waals surface area contributed by atoms with Crippen LogP contribution < -0.4 is 5.73 Å². The maximum Gasteiger partial charge on any atom is 0.0604 e. The number of rotatable bonds is 7. The molecule has 0 bridgehead atoms. The minimum Gasteiger partial charge on any atom is -0.329 e. The fourth-order valence-electron chi connectivity index (χ4n) is 4.30. The van der Waals surface area contributed by atoms with Crippen LogP contribution in [-0.2, 0) is 0 Å². The van der Waals surface area contributed by atoms with Gasteiger partial charge in [-0.15, -0.1) is 0 Å². The zero-order valence-corrected chi connectivity index (χ0v) is 16.4. The Morgan fingerprint density at radius 2 is 1.54 bits per heavy atom. The molecule has 0 amide bonds. The first kappa shape index (κ1) is 19.1. The second kappa shape index (κ2) is 8.81. The van der Waals surface area contributed by atoms with Crippen molar-refractivity contribution in [2.75, 3.05) is 26.7 Å². The molecule has 1 unspecified atom stereocenters. The lowest BCUT2D eigenvalue weighted by atomic mass is 9.94. The van der Waals surface area contributed by atoms with E-state index in [1.807, 2.05) is 0 Å². The van der Waals surface area contributed by atoms with Crippen molar-refractivity contribution in [2.45, 2.75) is 38.4 Å². The Bertz CT molecular complexity index is 616. The van der Waals surface area contributed by atoms with Crippen LogP contribution in [0.1, 0.15) is 37.4 Å². The SMILES string of the molecule is CC(C)CN(C(c1ccccc1)c1ccccc1)[C@@H]1CC(CN)N(C)C1. The molecule has 26 heavy (non-hydrogen) atoms. The molecule has 1 aliphatic heterocycles. The first-order chi connectivity index (χ1) is 12.6. The van der Waals surface area contributed by atoms with Gasteiger partial charge in [0.15, 0.2) is 0 Å². The zero-order chi connectivity index (χ0) is 18.5. The minimum absolute atomic E-state index is 0.287. The lowest BCUT2D eigenvalue weighted by Crippen LogP contribution is -2.42. The summed E-state index contributed by atoms with van der Waals surface area (Å²) in [6.45, 7) is 7.55. The summed E-state index contributed by atoms with van der Waals surface area (Å²) in [5.41, 5.74) is 8.77. The molecule has 0 aromatic heterocycles. The molecule has 0 spiro atoms. The standard InChI is InChI=1S/C23H33N3/c1-18(2)16-26(22-14-21(15-24)25(3)17-22)23(19-10-6-4-7-11-19)20-12-8-5-9-13-20/h4-13,18,21-23H,14-17,24H2,1-3H3/t21?,22-/m1/s1. The highest BCUT2D eigenvalue weighted by molar-refractivity contribution is 5.32. The fraction of sp³-hybridized carbons (Fsp3) is 0.478. The van der Waals surface area contributed by atoms with E-state index in [9.17, 15) is 0 Å². The van der Waals surface area contributed by atoms with Gasteiger partial charge >= 0.3 is 0 Å². The number of nitrogens with two attached hydrogens (primary N) is 1. The molecule has 1 fully saturated rings. The third-order valence-electron chi connectivity index (χ3n) is 5.55. The third kappa shape index (κ3) is 4.35. The van der Waals surface area contributed by atoms with Crippen LogP contribution in [0.15, 0.2) is 60.7 Å². The molecule has 1 aliphatic rings. The van der Waals surface area contributed by atoms with Crippen molar-refractivity contribution in [3.8, 4) is 0 Å². The first-order valence-electron chi connectivity index (χ1n) is 9.86. The molecule has 2 atom stereocenters. The Balaban J connectivity index is 1.99. The molecule has 140 valence electrons. The summed E-state index contributed by atoms with van der Waals surface area (Å²) in [6.07, 6.45) is 1.15. The highest BCUT2D eigenvalue weighted by Gasteiger charge is 2.36. The lowest BCUT2D eigenvalue weighted by molar-refractivity contribution is 0.139. The monoisotopic (exact) mass is 351 g/mol. The van der Waals surface area contributed by atoms with Crippen molar-refractivity contribution in [3.05, 3.63) is 71.8 Å². The second-order valence-electron chi connectivity index (χ2n) is 8.03. The highest BCUT2D eigenvalue weighted by Crippen LogP contribution is 2.34. The molecule has 3 rings (SSSR count). The third-order valence-corrected chi connectivity index (χ3v) is 5.55. The Kier molecular flexibility index (Phi) is 6.47. The van der Waals surface area contributed by atoms with E-state index in [1.165, 1.54) is 11.1 Å². The van der Waals surface area contributed by atoms with Crippen molar-refractivity contribution in [3.63, 3.8) is 0 Å². The maximum atomic E-state index is 6.03. The average molecular weight is 352 g/mol. The van der Waals surface area contributed by atoms with Gasteiger partial charge in [-0.3, -0.25) is 4.90 Å². The molecular formula is C23H33N3. The molecule has 1 saturated heterocycles. The van der Waals surface area contributed by atoms with Crippen LogP contribution in [0.2, 0.25) is 0 Å². The van der Waals surface area contributed by atoms with E-state index in [0.717, 1.165) is 26.1 Å². The van der Waals surface area contributed by atoms with Gasteiger partial charge in [0.2, 0.25) is 0 Å². The van der Waals surface area contributed by atoms with Crippen LogP contribution >= 0.6 is 0 Å². The van der Waals surface area contributed by atoms with Crippen molar-refractivity contribution in [1.82, 2.24) is 9.80 Å². The summed E-state index contributed by atoms with van der Waals surface area (Å²) in [4.78, 5) is 5.16. The molecule has 2 aromatic rings. The summed E-state index contributed by atoms with van der Waals surface area (Å²) < 4.78 is 0. The van der Waals surface area contributed by atoms with E-state index < -0.39 is 0 Å². The average Bonchev–Trinajstić information content (AvgIpc) is 3.03. The van der Waals surface area contributed by atoms with E-state index in [4.69, 9.17) is 5.73 Å². The molecule has 0 aliphatic carbocycles. The van der Waals surface area contributed by atoms with E-state index in [1.54, 1.807) is 0 Å². The van der Waals surface area contributed by atoms with Gasteiger partial charge in [-0.1, -0.05) is 74.5 Å². The number of likely N-dealkylation sites (N-methyl/N-ethyl adjacent to an activating group) is 1. The molecule has 3 heteroatoms. The van der Waals surface area contributed by atoms with Crippen LogP contribution in [0.5, 0.6) is 0 Å². The smallest absolute Gasteiger partial charge is 0.0604 e. The van der Waals surface area contributed by atoms with E-state index in [-0.39, 0.29) is 6.04 Å². The summed E-state index contributed by atoms with van der Waals surface area (Å²) in [5.74, 6) is 0.618. The molecule has 3 nitrogen and oxygen atoms in total. The highest BCUT2D eigenvalue weighted by atomic mass is 15.3. The quantitative estimate of drug-likeness (QED) is 0.824. The number of benzene rings is 2. The van der Waals surface area contributed by atoms with Crippen molar-refractivity contribution >= 4 is 0 Å². The summed E-state index contributed by atoms with van der Waals surface area (Å²) in [6, 6.07) is 23.2. The van der Waals surface area contributed by atoms with Crippen LogP contribution in [0.3, 0.4) is 0 Å². The molecular weight excluding hydrogens is 318 g/mol. The molecule has 0 saturated carbocycles. The van der Waals surface area contributed by atoms with E-state index in [2.05, 4.69) is 91.4 Å². The van der Waals surface area contributed by atoms with Gasteiger partial charge in [0, 0.05) is 31.7 Å². The number of hydrogen-bond acceptors (Lipinski definition) is 3. The number of hydrogen-bond donors (Lipinski definition) is 1. The molecule has 1 heterocycles. The maximum absolute atomic E-state index is 6.03. The van der Waals surface area contributed by atoms with Gasteiger partial charge in [0.25, 0.3) is 0 Å². The summed E-state index contributed by atoms with van der Waals surface area (Å²) >= 11 is 0. The fourth-order valence-corrected chi connectivity index (χ4v) is 4.30. The summed E-state index contributed by atoms with van der Waals surface area (Å²) in [7, 11) is 2.21. The number of nitrogens with zero attached hydrogens (tertiary/aromatic N) is 2. The minimum atomic E-state index is 0.287. The molecule has 0 radical (unpaired) electrons. The summed E-state index contributed by atoms with van der Waals surface area (Å²) in [5, 5.41) is 0. The predicted molar refractivity (Wildman–Crippen MR) is 110 cm³/mol. The molecule has 2 N–H and O–H groups in total. The Morgan fingerprint density at radius 1 is 1.00 bits per heavy atom. The van der Waals surface area contributed by atoms with Gasteiger partial charge in [0.05, 0.1) is 6.04 Å². The van der Waals surface area contributed by atoms with Crippen LogP contribution in [0, 0.1) is 5.92 Å². The van der Waals surface area contributed by atoms with Gasteiger partial charge in [-0.25, -0.2) is 0 Å². The van der Waals surface area contributed by atoms with Crippen molar-refractivity contribution in [1.29, 1.82) is 0 Å². The van der Waals surface area contributed by atoms with E-state index in [0.29, 0.717) is 18.0 Å². The van der Waals surface area contributed by atoms with Gasteiger partial charge in [0.1, 0.15) is 0 Å². The van der Waals surface area contributed by atoms with Crippen LogP contribution in [0.4, 0.5) is 0 Å². The van der Waals surface area contributed by atoms with Crippen molar-refractivity contribution in [2.24, 2.45) is 11.7 Å². The van der Waals surface area contributed by atoms with Gasteiger partial charge < -0.3 is 10.6 Å². The van der Waals surface area contributed by atoms with Crippen molar-refractivity contribution < 1.29 is 0 Å². The lowest BCUT2D eigenvalue weighted by Gasteiger charge is -2.38. The van der Waals surface area contributed by atoms with Gasteiger partial charge in [-0.05, 0) is 30.5 Å². The normalized spacial score (nSPS) is 21.2. The van der Waals surface area contributed by atoms with Gasteiger partial charge in [-0.2, -0.15) is 0 Å². The zero-order valence-electron chi connectivity index (χ0n) is 16.4. The Hall–Kier alpha value is -1.68. The second-order valence-corrected chi connectivity index (χ2v) is 8.03. The first-order valence-corrected chi connectivity index (χ1v) is 9.86. The van der Waals surface area contributed by atoms with Crippen LogP contribution in [-0.4, -0.2) is 48.6 Å². The van der Waals surface area contributed by atoms with E-state index >= 15 is 0 Å². The number of likely N-dealkylation sites (tertiary alicyclic amines) is 1. The topological polar surface area (TPSA) is 32.5 Å². The Labute approximate surface area is 158 Å². The molecule has 2 aromatic carbocycles. The Morgan fingerprint density at radius 3 is 1.96 bits per heavy atom. The van der Waals surface area contributed by atoms with Crippen LogP contribution in [0.25, 0.3) is 0 Å². The largest absolute Gasteiger partial charge is 0.329 e. The predicted octanol–water partition coefficient (Wildman–Crippen LogP) is 3.77.